The van der Waals surface area contributed by atoms with Crippen LogP contribution < -0.4 is 15.5 Å². The fraction of sp³-hybridized carbons (Fsp3) is 0.278. The van der Waals surface area contributed by atoms with E-state index in [4.69, 9.17) is 21.2 Å². The second kappa shape index (κ2) is 8.07. The number of rotatable bonds is 5. The molecule has 0 radical (unpaired) electrons. The number of hydrogen-bond acceptors (Lipinski definition) is 7. The predicted octanol–water partition coefficient (Wildman–Crippen LogP) is 2.44. The van der Waals surface area contributed by atoms with Crippen molar-refractivity contribution in [1.29, 1.82) is 0 Å². The largest absolute Gasteiger partial charge is 0.442 e. The number of oxime groups is 1. The van der Waals surface area contributed by atoms with E-state index in [2.05, 4.69) is 15.8 Å². The van der Waals surface area contributed by atoms with Gasteiger partial charge < -0.3 is 20.2 Å². The van der Waals surface area contributed by atoms with Gasteiger partial charge in [0.2, 0.25) is 0 Å². The molecule has 0 aliphatic carbocycles. The number of nitrogens with one attached hydrogen (secondary N) is 2. The fourth-order valence-electron chi connectivity index (χ4n) is 2.88. The van der Waals surface area contributed by atoms with Crippen LogP contribution in [-0.4, -0.2) is 50.2 Å². The SMILES string of the molecule is O=C(NC[C@H]1CN(c2ccc(C3=NOCCN3)cc2)C(=O)O1)c1ccc(Cl)s1. The third kappa shape index (κ3) is 4.05. The van der Waals surface area contributed by atoms with Crippen LogP contribution in [0.2, 0.25) is 4.34 Å². The smallest absolute Gasteiger partial charge is 0.414 e. The topological polar surface area (TPSA) is 92.3 Å². The molecule has 28 heavy (non-hydrogen) atoms. The lowest BCUT2D eigenvalue weighted by atomic mass is 10.1. The summed E-state index contributed by atoms with van der Waals surface area (Å²) < 4.78 is 5.91. The highest BCUT2D eigenvalue weighted by Crippen LogP contribution is 2.23. The maximum Gasteiger partial charge on any atom is 0.414 e. The van der Waals surface area contributed by atoms with Crippen LogP contribution in [0.1, 0.15) is 15.2 Å². The van der Waals surface area contributed by atoms with Gasteiger partial charge in [-0.1, -0.05) is 16.8 Å². The van der Waals surface area contributed by atoms with Gasteiger partial charge in [-0.05, 0) is 36.4 Å². The number of cyclic esters (lactones) is 1. The number of ether oxygens (including phenoxy) is 1. The van der Waals surface area contributed by atoms with Gasteiger partial charge in [0.15, 0.2) is 5.84 Å². The average molecular weight is 421 g/mol. The lowest BCUT2D eigenvalue weighted by Gasteiger charge is -2.16. The van der Waals surface area contributed by atoms with Gasteiger partial charge in [0.1, 0.15) is 12.7 Å². The highest BCUT2D eigenvalue weighted by atomic mass is 35.5. The lowest BCUT2D eigenvalue weighted by molar-refractivity contribution is 0.0920. The van der Waals surface area contributed by atoms with Crippen LogP contribution in [0.3, 0.4) is 0 Å². The Morgan fingerprint density at radius 1 is 1.32 bits per heavy atom. The minimum absolute atomic E-state index is 0.229. The van der Waals surface area contributed by atoms with E-state index >= 15 is 0 Å². The summed E-state index contributed by atoms with van der Waals surface area (Å²) in [7, 11) is 0. The van der Waals surface area contributed by atoms with Crippen molar-refractivity contribution < 1.29 is 19.2 Å². The molecule has 2 aliphatic rings. The minimum Gasteiger partial charge on any atom is -0.442 e. The van der Waals surface area contributed by atoms with E-state index < -0.39 is 12.2 Å². The van der Waals surface area contributed by atoms with Crippen LogP contribution in [0.25, 0.3) is 0 Å². The van der Waals surface area contributed by atoms with E-state index in [1.807, 2.05) is 24.3 Å². The van der Waals surface area contributed by atoms with E-state index in [0.29, 0.717) is 40.4 Å². The maximum absolute atomic E-state index is 12.2. The Labute approximate surface area is 170 Å². The van der Waals surface area contributed by atoms with Crippen molar-refractivity contribution in [3.8, 4) is 0 Å². The van der Waals surface area contributed by atoms with Crippen molar-refractivity contribution >= 4 is 46.5 Å². The number of halogens is 1. The molecule has 1 saturated heterocycles. The van der Waals surface area contributed by atoms with Gasteiger partial charge in [-0.25, -0.2) is 4.79 Å². The number of amides is 2. The van der Waals surface area contributed by atoms with Crippen molar-refractivity contribution in [1.82, 2.24) is 10.6 Å². The van der Waals surface area contributed by atoms with Gasteiger partial charge in [-0.15, -0.1) is 11.3 Å². The van der Waals surface area contributed by atoms with Gasteiger partial charge in [0.25, 0.3) is 5.91 Å². The molecule has 1 atom stereocenters. The predicted molar refractivity (Wildman–Crippen MR) is 106 cm³/mol. The average Bonchev–Trinajstić information content (AvgIpc) is 3.32. The molecule has 0 bridgehead atoms. The Hall–Kier alpha value is -2.78. The molecule has 0 spiro atoms. The first-order valence-corrected chi connectivity index (χ1v) is 9.85. The first-order valence-electron chi connectivity index (χ1n) is 8.66. The van der Waals surface area contributed by atoms with Crippen LogP contribution in [-0.2, 0) is 9.57 Å². The minimum atomic E-state index is -0.442. The normalized spacial score (nSPS) is 18.8. The molecule has 8 nitrogen and oxygen atoms in total. The van der Waals surface area contributed by atoms with Crippen molar-refractivity contribution in [3.63, 3.8) is 0 Å². The zero-order valence-electron chi connectivity index (χ0n) is 14.7. The van der Waals surface area contributed by atoms with Crippen molar-refractivity contribution in [2.75, 3.05) is 31.1 Å². The van der Waals surface area contributed by atoms with E-state index in [1.165, 1.54) is 16.2 Å². The van der Waals surface area contributed by atoms with Gasteiger partial charge >= 0.3 is 6.09 Å². The van der Waals surface area contributed by atoms with Crippen LogP contribution in [0.5, 0.6) is 0 Å². The molecule has 2 aliphatic heterocycles. The highest BCUT2D eigenvalue weighted by molar-refractivity contribution is 7.17. The summed E-state index contributed by atoms with van der Waals surface area (Å²) in [6.45, 7) is 1.82. The van der Waals surface area contributed by atoms with Gasteiger partial charge in [0, 0.05) is 11.3 Å². The number of amidine groups is 1. The summed E-state index contributed by atoms with van der Waals surface area (Å²) in [5.74, 6) is 0.426. The third-order valence-electron chi connectivity index (χ3n) is 4.26. The number of thiophene rings is 1. The molecule has 2 aromatic rings. The number of hydrogen-bond donors (Lipinski definition) is 2. The van der Waals surface area contributed by atoms with E-state index in [1.54, 1.807) is 12.1 Å². The van der Waals surface area contributed by atoms with Gasteiger partial charge in [-0.2, -0.15) is 0 Å². The molecule has 3 heterocycles. The van der Waals surface area contributed by atoms with Crippen LogP contribution in [0.4, 0.5) is 10.5 Å². The second-order valence-electron chi connectivity index (χ2n) is 6.18. The molecule has 146 valence electrons. The molecule has 10 heteroatoms. The molecular formula is C18H17ClN4O4S. The van der Waals surface area contributed by atoms with Crippen molar-refractivity contribution in [2.24, 2.45) is 5.16 Å². The zero-order chi connectivity index (χ0) is 19.5. The summed E-state index contributed by atoms with van der Waals surface area (Å²) in [6.07, 6.45) is -0.869. The molecule has 1 aromatic heterocycles. The summed E-state index contributed by atoms with van der Waals surface area (Å²) in [5, 5.41) is 9.90. The second-order valence-corrected chi connectivity index (χ2v) is 7.89. The Balaban J connectivity index is 1.35. The molecular weight excluding hydrogens is 404 g/mol. The molecule has 1 fully saturated rings. The van der Waals surface area contributed by atoms with Crippen LogP contribution in [0, 0.1) is 0 Å². The fourth-order valence-corrected chi connectivity index (χ4v) is 3.84. The third-order valence-corrected chi connectivity index (χ3v) is 5.49. The van der Waals surface area contributed by atoms with Gasteiger partial charge in [0.05, 0.1) is 28.8 Å². The Bertz CT molecular complexity index is 915. The summed E-state index contributed by atoms with van der Waals surface area (Å²) in [5.41, 5.74) is 1.58. The van der Waals surface area contributed by atoms with Crippen LogP contribution >= 0.6 is 22.9 Å². The molecule has 1 aromatic carbocycles. The number of carbonyl (C=O) groups is 2. The van der Waals surface area contributed by atoms with Crippen molar-refractivity contribution in [3.05, 3.63) is 51.2 Å². The first-order chi connectivity index (χ1) is 13.6. The van der Waals surface area contributed by atoms with E-state index in [9.17, 15) is 9.59 Å². The molecule has 0 unspecified atom stereocenters. The Kier molecular flexibility index (Phi) is 5.36. The highest BCUT2D eigenvalue weighted by Gasteiger charge is 2.32. The molecule has 2 amide bonds. The summed E-state index contributed by atoms with van der Waals surface area (Å²) in [4.78, 5) is 31.4. The Morgan fingerprint density at radius 2 is 2.14 bits per heavy atom. The molecule has 0 saturated carbocycles. The summed E-state index contributed by atoms with van der Waals surface area (Å²) >= 11 is 7.04. The van der Waals surface area contributed by atoms with Crippen molar-refractivity contribution in [2.45, 2.75) is 6.10 Å². The quantitative estimate of drug-likeness (QED) is 0.775. The monoisotopic (exact) mass is 420 g/mol. The standard InChI is InChI=1S/C18H17ClN4O4S/c19-15-6-5-14(28-15)17(24)21-9-13-10-23(18(25)27-13)12-3-1-11(2-4-12)16-20-7-8-26-22-16/h1-6,13H,7-10H2,(H,20,22)(H,21,24)/t13-/m0/s1. The molecule has 2 N–H and O–H groups in total. The zero-order valence-corrected chi connectivity index (χ0v) is 16.3. The lowest BCUT2D eigenvalue weighted by Crippen LogP contribution is -2.34. The number of nitrogens with zero attached hydrogens (tertiary/aromatic N) is 2. The summed E-state index contributed by atoms with van der Waals surface area (Å²) in [6, 6.07) is 10.7. The maximum atomic E-state index is 12.2. The molecule has 4 rings (SSSR count). The van der Waals surface area contributed by atoms with E-state index in [-0.39, 0.29) is 12.5 Å². The van der Waals surface area contributed by atoms with E-state index in [0.717, 1.165) is 5.56 Å². The van der Waals surface area contributed by atoms with Crippen LogP contribution in [0.15, 0.2) is 41.6 Å². The van der Waals surface area contributed by atoms with Gasteiger partial charge in [-0.3, -0.25) is 9.69 Å². The number of anilines is 1. The first kappa shape index (κ1) is 18.6. The number of carbonyl (C=O) groups excluding carboxylic acids is 2. The number of benzene rings is 1. The Morgan fingerprint density at radius 3 is 2.82 bits per heavy atom.